The Hall–Kier alpha value is -0.330. The van der Waals surface area contributed by atoms with E-state index >= 15 is 0 Å². The lowest BCUT2D eigenvalue weighted by Gasteiger charge is -2.45. The first kappa shape index (κ1) is 7.33. The highest BCUT2D eigenvalue weighted by molar-refractivity contribution is 5.86. The van der Waals surface area contributed by atoms with Crippen molar-refractivity contribution in [2.24, 2.45) is 11.3 Å². The third-order valence-electron chi connectivity index (χ3n) is 3.48. The van der Waals surface area contributed by atoms with Gasteiger partial charge in [-0.2, -0.15) is 0 Å². The molecule has 1 heteroatoms. The van der Waals surface area contributed by atoms with E-state index in [1.165, 1.54) is 25.7 Å². The molecule has 0 bridgehead atoms. The van der Waals surface area contributed by atoms with Crippen LogP contribution in [0.5, 0.6) is 0 Å². The summed E-state index contributed by atoms with van der Waals surface area (Å²) in [6, 6.07) is 0. The molecule has 0 heterocycles. The van der Waals surface area contributed by atoms with E-state index < -0.39 is 0 Å². The summed E-state index contributed by atoms with van der Waals surface area (Å²) in [5.74, 6) is 1.41. The predicted octanol–water partition coefficient (Wildman–Crippen LogP) is 2.55. The maximum absolute atomic E-state index is 10.9. The van der Waals surface area contributed by atoms with Crippen molar-refractivity contribution in [2.45, 2.75) is 45.4 Å². The molecule has 0 atom stereocenters. The molecule has 1 spiro atoms. The highest BCUT2D eigenvalue weighted by Gasteiger charge is 2.44. The van der Waals surface area contributed by atoms with Gasteiger partial charge in [0.15, 0.2) is 0 Å². The number of Topliss-reactive ketones (excluding diaryl/α,β-unsaturated/α-hetero) is 1. The second-order valence-electron chi connectivity index (χ2n) is 4.57. The summed E-state index contributed by atoms with van der Waals surface area (Å²) in [5, 5.41) is 0. The molecule has 2 fully saturated rings. The Morgan fingerprint density at radius 2 is 1.82 bits per heavy atom. The summed E-state index contributed by atoms with van der Waals surface area (Å²) in [6.45, 7) is 2.33. The Bertz CT molecular complexity index is 165. The molecule has 0 radical (unpaired) electrons. The van der Waals surface area contributed by atoms with Crippen LogP contribution in [0.1, 0.15) is 45.4 Å². The molecule has 0 saturated heterocycles. The van der Waals surface area contributed by atoms with Crippen molar-refractivity contribution in [1.29, 1.82) is 0 Å². The van der Waals surface area contributed by atoms with Crippen molar-refractivity contribution >= 4 is 5.78 Å². The molecule has 2 aliphatic carbocycles. The van der Waals surface area contributed by atoms with Crippen molar-refractivity contribution in [3.63, 3.8) is 0 Å². The van der Waals surface area contributed by atoms with Gasteiger partial charge in [0.1, 0.15) is 5.78 Å². The molecule has 0 aromatic rings. The summed E-state index contributed by atoms with van der Waals surface area (Å²) in [4.78, 5) is 10.9. The second kappa shape index (κ2) is 2.33. The summed E-state index contributed by atoms with van der Waals surface area (Å²) in [7, 11) is 0. The zero-order valence-electron chi connectivity index (χ0n) is 7.23. The van der Waals surface area contributed by atoms with E-state index in [-0.39, 0.29) is 0 Å². The lowest BCUT2D eigenvalue weighted by atomic mass is 9.59. The molecule has 1 nitrogen and oxygen atoms in total. The van der Waals surface area contributed by atoms with Gasteiger partial charge in [-0.25, -0.2) is 0 Å². The first-order valence-electron chi connectivity index (χ1n) is 4.72. The third-order valence-corrected chi connectivity index (χ3v) is 3.48. The largest absolute Gasteiger partial charge is 0.300 e. The highest BCUT2D eigenvalue weighted by atomic mass is 16.1. The summed E-state index contributed by atoms with van der Waals surface area (Å²) in [6.07, 6.45) is 7.15. The summed E-state index contributed by atoms with van der Waals surface area (Å²) in [5.41, 5.74) is 0.504. The van der Waals surface area contributed by atoms with Gasteiger partial charge in [0.25, 0.3) is 0 Å². The molecule has 11 heavy (non-hydrogen) atoms. The average molecular weight is 152 g/mol. The van der Waals surface area contributed by atoms with Gasteiger partial charge in [0.2, 0.25) is 0 Å². The third kappa shape index (κ3) is 1.21. The molecule has 2 rings (SSSR count). The lowest BCUT2D eigenvalue weighted by molar-refractivity contribution is -0.135. The van der Waals surface area contributed by atoms with Crippen LogP contribution in [0.3, 0.4) is 0 Å². The fourth-order valence-electron chi connectivity index (χ4n) is 2.51. The van der Waals surface area contributed by atoms with Crippen LogP contribution >= 0.6 is 0 Å². The first-order chi connectivity index (χ1) is 5.20. The highest BCUT2D eigenvalue weighted by Crippen LogP contribution is 2.50. The number of carbonyl (C=O) groups excluding carboxylic acids is 1. The van der Waals surface area contributed by atoms with Crippen LogP contribution in [0.4, 0.5) is 0 Å². The van der Waals surface area contributed by atoms with Gasteiger partial charge < -0.3 is 0 Å². The Morgan fingerprint density at radius 1 is 1.27 bits per heavy atom. The molecule has 0 aromatic carbocycles. The molecule has 0 unspecified atom stereocenters. The molecule has 2 aliphatic rings. The van der Waals surface area contributed by atoms with Crippen molar-refractivity contribution in [2.75, 3.05) is 0 Å². The monoisotopic (exact) mass is 152 g/mol. The van der Waals surface area contributed by atoms with Gasteiger partial charge in [-0.3, -0.25) is 4.79 Å². The molecule has 2 saturated carbocycles. The maximum Gasteiger partial charge on any atom is 0.134 e. The van der Waals surface area contributed by atoms with E-state index in [1.807, 2.05) is 0 Å². The normalized spacial score (nSPS) is 30.5. The van der Waals surface area contributed by atoms with E-state index in [0.29, 0.717) is 11.2 Å². The standard InChI is InChI=1S/C10H16O/c1-8-2-4-10(5-3-8)6-9(11)7-10/h8H,2-7H2,1H3. The van der Waals surface area contributed by atoms with Gasteiger partial charge >= 0.3 is 0 Å². The molecule has 0 amide bonds. The van der Waals surface area contributed by atoms with Crippen LogP contribution in [-0.2, 0) is 4.79 Å². The van der Waals surface area contributed by atoms with E-state index in [1.54, 1.807) is 0 Å². The molecule has 0 aromatic heterocycles. The van der Waals surface area contributed by atoms with Crippen molar-refractivity contribution < 1.29 is 4.79 Å². The van der Waals surface area contributed by atoms with Gasteiger partial charge in [0.05, 0.1) is 0 Å². The van der Waals surface area contributed by atoms with Crippen molar-refractivity contribution in [3.05, 3.63) is 0 Å². The van der Waals surface area contributed by atoms with E-state index in [2.05, 4.69) is 6.92 Å². The van der Waals surface area contributed by atoms with Crippen LogP contribution in [0, 0.1) is 11.3 Å². The van der Waals surface area contributed by atoms with Gasteiger partial charge in [-0.15, -0.1) is 0 Å². The van der Waals surface area contributed by atoms with E-state index in [4.69, 9.17) is 0 Å². The van der Waals surface area contributed by atoms with Crippen molar-refractivity contribution in [3.8, 4) is 0 Å². The van der Waals surface area contributed by atoms with Crippen LogP contribution in [0.2, 0.25) is 0 Å². The fraction of sp³-hybridized carbons (Fsp3) is 0.900. The average Bonchev–Trinajstić information content (AvgIpc) is 1.92. The molecule has 62 valence electrons. The second-order valence-corrected chi connectivity index (χ2v) is 4.57. The van der Waals surface area contributed by atoms with Crippen LogP contribution in [-0.4, -0.2) is 5.78 Å². The van der Waals surface area contributed by atoms with Gasteiger partial charge in [-0.1, -0.05) is 19.8 Å². The van der Waals surface area contributed by atoms with Crippen LogP contribution in [0.25, 0.3) is 0 Å². The minimum absolute atomic E-state index is 0.500. The Morgan fingerprint density at radius 3 is 2.27 bits per heavy atom. The zero-order valence-corrected chi connectivity index (χ0v) is 7.23. The summed E-state index contributed by atoms with van der Waals surface area (Å²) >= 11 is 0. The lowest BCUT2D eigenvalue weighted by Crippen LogP contribution is -2.40. The Kier molecular flexibility index (Phi) is 1.55. The molecule has 0 N–H and O–H groups in total. The number of ketones is 1. The van der Waals surface area contributed by atoms with Crippen LogP contribution in [0.15, 0.2) is 0 Å². The first-order valence-corrected chi connectivity index (χ1v) is 4.72. The SMILES string of the molecule is CC1CCC2(CC1)CC(=O)C2. The summed E-state index contributed by atoms with van der Waals surface area (Å²) < 4.78 is 0. The molecule has 0 aliphatic heterocycles. The number of hydrogen-bond donors (Lipinski definition) is 0. The smallest absolute Gasteiger partial charge is 0.134 e. The van der Waals surface area contributed by atoms with Gasteiger partial charge in [0, 0.05) is 12.8 Å². The predicted molar refractivity (Wildman–Crippen MR) is 44.3 cm³/mol. The number of hydrogen-bond acceptors (Lipinski definition) is 1. The minimum atomic E-state index is 0.500. The van der Waals surface area contributed by atoms with Crippen LogP contribution < -0.4 is 0 Å². The quantitative estimate of drug-likeness (QED) is 0.521. The Balaban J connectivity index is 1.92. The maximum atomic E-state index is 10.9. The number of carbonyl (C=O) groups is 1. The molecular weight excluding hydrogens is 136 g/mol. The van der Waals surface area contributed by atoms with E-state index in [9.17, 15) is 4.79 Å². The van der Waals surface area contributed by atoms with E-state index in [0.717, 1.165) is 18.8 Å². The fourth-order valence-corrected chi connectivity index (χ4v) is 2.51. The zero-order chi connectivity index (χ0) is 7.90. The van der Waals surface area contributed by atoms with Gasteiger partial charge in [-0.05, 0) is 24.2 Å². The number of rotatable bonds is 0. The van der Waals surface area contributed by atoms with Crippen molar-refractivity contribution in [1.82, 2.24) is 0 Å². The topological polar surface area (TPSA) is 17.1 Å². The molecular formula is C10H16O. The Labute approximate surface area is 68.2 Å². The minimum Gasteiger partial charge on any atom is -0.300 e.